The Kier molecular flexibility index (Phi) is 2.48. The Morgan fingerprint density at radius 3 is 3.12 bits per heavy atom. The van der Waals surface area contributed by atoms with E-state index in [2.05, 4.69) is 4.98 Å². The van der Waals surface area contributed by atoms with Gasteiger partial charge in [-0.05, 0) is 26.2 Å². The van der Waals surface area contributed by atoms with Gasteiger partial charge in [-0.2, -0.15) is 0 Å². The Morgan fingerprint density at radius 2 is 2.41 bits per heavy atom. The number of thiazole rings is 1. The van der Waals surface area contributed by atoms with Crippen molar-refractivity contribution in [2.75, 3.05) is 6.54 Å². The number of nitrogens with zero attached hydrogens (tertiary/aromatic N) is 2. The van der Waals surface area contributed by atoms with E-state index >= 15 is 0 Å². The number of hydrogen-bond acceptors (Lipinski definition) is 4. The van der Waals surface area contributed by atoms with Crippen molar-refractivity contribution in [1.29, 1.82) is 0 Å². The van der Waals surface area contributed by atoms with Gasteiger partial charge < -0.3 is 10.6 Å². The van der Waals surface area contributed by atoms with E-state index in [0.29, 0.717) is 6.42 Å². The van der Waals surface area contributed by atoms with Crippen LogP contribution in [0.4, 0.5) is 0 Å². The van der Waals surface area contributed by atoms with E-state index in [0.717, 1.165) is 36.5 Å². The summed E-state index contributed by atoms with van der Waals surface area (Å²) in [5, 5.41) is 2.94. The molecular weight excluding hydrogens is 234 g/mol. The first-order valence-electron chi connectivity index (χ1n) is 6.12. The molecule has 0 aromatic carbocycles. The standard InChI is InChI=1S/C12H17N3OS/c1-8-7-17-11(14-8)12(13)6-10(16)15-5-3-2-4-9(12)15/h7,9H,2-6,13H2,1H3. The Hall–Kier alpha value is -0.940. The molecule has 0 saturated carbocycles. The third-order valence-corrected chi connectivity index (χ3v) is 5.03. The van der Waals surface area contributed by atoms with Crippen molar-refractivity contribution in [2.45, 2.75) is 44.2 Å². The number of aryl methyl sites for hydroxylation is 1. The molecule has 92 valence electrons. The number of nitrogens with two attached hydrogens (primary N) is 1. The molecule has 1 aromatic heterocycles. The molecule has 2 unspecified atom stereocenters. The van der Waals surface area contributed by atoms with Crippen LogP contribution >= 0.6 is 11.3 Å². The molecule has 2 fully saturated rings. The Balaban J connectivity index is 1.99. The van der Waals surface area contributed by atoms with Gasteiger partial charge in [0, 0.05) is 17.6 Å². The quantitative estimate of drug-likeness (QED) is 0.820. The Morgan fingerprint density at radius 1 is 1.59 bits per heavy atom. The number of carbonyl (C=O) groups excluding carboxylic acids is 1. The van der Waals surface area contributed by atoms with Crippen LogP contribution in [0.25, 0.3) is 0 Å². The lowest BCUT2D eigenvalue weighted by atomic mass is 9.87. The van der Waals surface area contributed by atoms with Crippen LogP contribution in [0.15, 0.2) is 5.38 Å². The molecule has 1 aromatic rings. The van der Waals surface area contributed by atoms with Crippen LogP contribution in [0.3, 0.4) is 0 Å². The smallest absolute Gasteiger partial charge is 0.225 e. The second-order valence-corrected chi connectivity index (χ2v) is 5.97. The number of rotatable bonds is 1. The van der Waals surface area contributed by atoms with Gasteiger partial charge in [0.2, 0.25) is 5.91 Å². The van der Waals surface area contributed by atoms with Gasteiger partial charge >= 0.3 is 0 Å². The van der Waals surface area contributed by atoms with Crippen molar-refractivity contribution < 1.29 is 4.79 Å². The van der Waals surface area contributed by atoms with Crippen molar-refractivity contribution in [3.8, 4) is 0 Å². The summed E-state index contributed by atoms with van der Waals surface area (Å²) < 4.78 is 0. The molecule has 2 saturated heterocycles. The number of carbonyl (C=O) groups is 1. The first-order valence-corrected chi connectivity index (χ1v) is 7.00. The highest BCUT2D eigenvalue weighted by atomic mass is 32.1. The van der Waals surface area contributed by atoms with Gasteiger partial charge in [0.1, 0.15) is 5.01 Å². The molecule has 2 aliphatic heterocycles. The Bertz CT molecular complexity index is 458. The first-order chi connectivity index (χ1) is 8.11. The minimum absolute atomic E-state index is 0.161. The predicted molar refractivity (Wildman–Crippen MR) is 66.7 cm³/mol. The molecule has 5 heteroatoms. The zero-order chi connectivity index (χ0) is 12.0. The van der Waals surface area contributed by atoms with Crippen molar-refractivity contribution >= 4 is 17.2 Å². The fourth-order valence-corrected chi connectivity index (χ4v) is 3.98. The average Bonchev–Trinajstić information content (AvgIpc) is 2.85. The molecule has 0 bridgehead atoms. The summed E-state index contributed by atoms with van der Waals surface area (Å²) in [6.07, 6.45) is 3.71. The highest BCUT2D eigenvalue weighted by Gasteiger charge is 2.52. The molecule has 2 atom stereocenters. The van der Waals surface area contributed by atoms with Crippen LogP contribution in [-0.2, 0) is 10.3 Å². The monoisotopic (exact) mass is 251 g/mol. The van der Waals surface area contributed by atoms with E-state index in [-0.39, 0.29) is 11.9 Å². The second-order valence-electron chi connectivity index (χ2n) is 5.11. The zero-order valence-corrected chi connectivity index (χ0v) is 10.8. The summed E-state index contributed by atoms with van der Waals surface area (Å²) in [5.41, 5.74) is 6.98. The van der Waals surface area contributed by atoms with E-state index in [9.17, 15) is 4.79 Å². The molecule has 17 heavy (non-hydrogen) atoms. The molecule has 3 rings (SSSR count). The predicted octanol–water partition coefficient (Wildman–Crippen LogP) is 1.39. The van der Waals surface area contributed by atoms with Crippen molar-refractivity contribution in [2.24, 2.45) is 5.73 Å². The number of hydrogen-bond donors (Lipinski definition) is 1. The maximum Gasteiger partial charge on any atom is 0.225 e. The molecule has 2 aliphatic rings. The van der Waals surface area contributed by atoms with Crippen molar-refractivity contribution in [1.82, 2.24) is 9.88 Å². The number of aromatic nitrogens is 1. The zero-order valence-electron chi connectivity index (χ0n) is 9.98. The van der Waals surface area contributed by atoms with Gasteiger partial charge in [-0.25, -0.2) is 4.98 Å². The van der Waals surface area contributed by atoms with Crippen molar-refractivity contribution in [3.63, 3.8) is 0 Å². The van der Waals surface area contributed by atoms with Crippen molar-refractivity contribution in [3.05, 3.63) is 16.1 Å². The molecule has 0 spiro atoms. The van der Waals surface area contributed by atoms with Gasteiger partial charge in [-0.3, -0.25) is 4.79 Å². The van der Waals surface area contributed by atoms with E-state index in [1.165, 1.54) is 0 Å². The van der Waals surface area contributed by atoms with Crippen LogP contribution in [0, 0.1) is 6.92 Å². The summed E-state index contributed by atoms with van der Waals surface area (Å²) in [4.78, 5) is 18.5. The fraction of sp³-hybridized carbons (Fsp3) is 0.667. The first kappa shape index (κ1) is 11.2. The largest absolute Gasteiger partial charge is 0.337 e. The normalized spacial score (nSPS) is 32.9. The molecular formula is C12H17N3OS. The highest BCUT2D eigenvalue weighted by molar-refractivity contribution is 7.09. The summed E-state index contributed by atoms with van der Waals surface area (Å²) in [6, 6.07) is 0.161. The summed E-state index contributed by atoms with van der Waals surface area (Å²) in [6.45, 7) is 2.84. The lowest BCUT2D eigenvalue weighted by Crippen LogP contribution is -2.50. The minimum atomic E-state index is -0.545. The summed E-state index contributed by atoms with van der Waals surface area (Å²) in [5.74, 6) is 0.199. The molecule has 4 nitrogen and oxygen atoms in total. The van der Waals surface area contributed by atoms with E-state index in [4.69, 9.17) is 5.73 Å². The molecule has 0 radical (unpaired) electrons. The fourth-order valence-electron chi connectivity index (χ4n) is 3.02. The third-order valence-electron chi connectivity index (χ3n) is 3.88. The van der Waals surface area contributed by atoms with Gasteiger partial charge in [-0.15, -0.1) is 11.3 Å². The van der Waals surface area contributed by atoms with Crippen LogP contribution in [0.2, 0.25) is 0 Å². The van der Waals surface area contributed by atoms with Gasteiger partial charge in [0.05, 0.1) is 18.0 Å². The van der Waals surface area contributed by atoms with E-state index < -0.39 is 5.54 Å². The number of amides is 1. The molecule has 0 aliphatic carbocycles. The van der Waals surface area contributed by atoms with E-state index in [1.54, 1.807) is 11.3 Å². The molecule has 2 N–H and O–H groups in total. The lowest BCUT2D eigenvalue weighted by molar-refractivity contribution is -0.129. The van der Waals surface area contributed by atoms with Gasteiger partial charge in [-0.1, -0.05) is 0 Å². The maximum atomic E-state index is 12.0. The summed E-state index contributed by atoms with van der Waals surface area (Å²) >= 11 is 1.59. The second kappa shape index (κ2) is 3.78. The van der Waals surface area contributed by atoms with E-state index in [1.807, 2.05) is 17.2 Å². The maximum absolute atomic E-state index is 12.0. The minimum Gasteiger partial charge on any atom is -0.337 e. The highest BCUT2D eigenvalue weighted by Crippen LogP contribution is 2.41. The molecule has 3 heterocycles. The van der Waals surface area contributed by atoms with Gasteiger partial charge in [0.25, 0.3) is 0 Å². The van der Waals surface area contributed by atoms with Crippen LogP contribution < -0.4 is 5.73 Å². The number of piperidine rings is 1. The average molecular weight is 251 g/mol. The lowest BCUT2D eigenvalue weighted by Gasteiger charge is -2.36. The Labute approximate surface area is 105 Å². The SMILES string of the molecule is Cc1csc(C2(N)CC(=O)N3CCCCC32)n1. The molecule has 1 amide bonds. The van der Waals surface area contributed by atoms with Gasteiger partial charge in [0.15, 0.2) is 0 Å². The third kappa shape index (κ3) is 1.60. The van der Waals surface area contributed by atoms with Crippen LogP contribution in [0.1, 0.15) is 36.4 Å². The summed E-state index contributed by atoms with van der Waals surface area (Å²) in [7, 11) is 0. The topological polar surface area (TPSA) is 59.2 Å². The number of fused-ring (bicyclic) bond motifs is 1. The van der Waals surface area contributed by atoms with Crippen LogP contribution in [-0.4, -0.2) is 28.4 Å². The van der Waals surface area contributed by atoms with Crippen LogP contribution in [0.5, 0.6) is 0 Å².